The molecule has 1 N–H and O–H groups in total. The first kappa shape index (κ1) is 23.6. The fourth-order valence-corrected chi connectivity index (χ4v) is 4.13. The van der Waals surface area contributed by atoms with Crippen molar-refractivity contribution in [2.45, 2.75) is 32.6 Å². The molecule has 1 aliphatic heterocycles. The first-order valence-corrected chi connectivity index (χ1v) is 11.7. The van der Waals surface area contributed by atoms with E-state index < -0.39 is 0 Å². The highest BCUT2D eigenvalue weighted by Gasteiger charge is 2.19. The Hall–Kier alpha value is -4.17. The Balaban J connectivity index is 1.30. The van der Waals surface area contributed by atoms with Crippen molar-refractivity contribution >= 4 is 5.91 Å². The van der Waals surface area contributed by atoms with Crippen LogP contribution in [-0.4, -0.2) is 22.6 Å². The fraction of sp³-hybridized carbons (Fsp3) is 0.214. The van der Waals surface area contributed by atoms with E-state index in [2.05, 4.69) is 15.2 Å². The van der Waals surface area contributed by atoms with Gasteiger partial charge in [0.15, 0.2) is 17.2 Å². The molecular weight excluding hydrogens is 461 g/mol. The maximum absolute atomic E-state index is 13.8. The number of amides is 1. The Morgan fingerprint density at radius 1 is 0.972 bits per heavy atom. The first-order valence-electron chi connectivity index (χ1n) is 11.7. The lowest BCUT2D eigenvalue weighted by Gasteiger charge is -2.21. The molecule has 4 aromatic rings. The van der Waals surface area contributed by atoms with Gasteiger partial charge < -0.3 is 19.2 Å². The van der Waals surface area contributed by atoms with E-state index in [-0.39, 0.29) is 30.3 Å². The molecule has 7 nitrogen and oxygen atoms in total. The second-order valence-electron chi connectivity index (χ2n) is 8.70. The van der Waals surface area contributed by atoms with E-state index in [0.717, 1.165) is 16.7 Å². The molecule has 0 radical (unpaired) electrons. The van der Waals surface area contributed by atoms with Crippen LogP contribution in [0.15, 0.2) is 83.5 Å². The highest BCUT2D eigenvalue weighted by Crippen LogP contribution is 2.33. The fourth-order valence-electron chi connectivity index (χ4n) is 4.13. The van der Waals surface area contributed by atoms with Gasteiger partial charge in [0, 0.05) is 13.1 Å². The van der Waals surface area contributed by atoms with Crippen molar-refractivity contribution in [2.75, 3.05) is 6.79 Å². The quantitative estimate of drug-likeness (QED) is 0.348. The van der Waals surface area contributed by atoms with Gasteiger partial charge in [-0.3, -0.25) is 9.69 Å². The molecule has 1 amide bonds. The number of ether oxygens (including phenoxy) is 2. The summed E-state index contributed by atoms with van der Waals surface area (Å²) in [5.41, 5.74) is 3.02. The monoisotopic (exact) mass is 487 g/mol. The van der Waals surface area contributed by atoms with Gasteiger partial charge in [-0.2, -0.15) is 0 Å². The molecule has 0 bridgehead atoms. The zero-order valence-corrected chi connectivity index (χ0v) is 19.8. The molecule has 1 unspecified atom stereocenters. The number of carbonyl (C=O) groups excluding carboxylic acids is 1. The Labute approximate surface area is 208 Å². The topological polar surface area (TPSA) is 76.8 Å². The van der Waals surface area contributed by atoms with E-state index in [4.69, 9.17) is 13.9 Å². The molecular formula is C28H26FN3O4. The van der Waals surface area contributed by atoms with E-state index in [9.17, 15) is 9.18 Å². The second kappa shape index (κ2) is 10.6. The summed E-state index contributed by atoms with van der Waals surface area (Å²) in [5, 5.41) is 2.95. The van der Waals surface area contributed by atoms with Crippen LogP contribution in [0, 0.1) is 5.82 Å². The SMILES string of the molecule is CC(NC(=O)c1coc(CN(Cc2cccc(F)c2)Cc2ccc3c(c2)OCO3)n1)c1ccccc1. The number of oxazole rings is 1. The average Bonchev–Trinajstić information content (AvgIpc) is 3.54. The Morgan fingerprint density at radius 2 is 1.75 bits per heavy atom. The molecule has 8 heteroatoms. The van der Waals surface area contributed by atoms with Crippen LogP contribution in [0.4, 0.5) is 4.39 Å². The first-order chi connectivity index (χ1) is 17.5. The van der Waals surface area contributed by atoms with Crippen molar-refractivity contribution in [3.05, 3.63) is 113 Å². The van der Waals surface area contributed by atoms with Crippen LogP contribution >= 0.6 is 0 Å². The maximum Gasteiger partial charge on any atom is 0.273 e. The van der Waals surface area contributed by atoms with Crippen LogP contribution in [0.2, 0.25) is 0 Å². The molecule has 36 heavy (non-hydrogen) atoms. The predicted octanol–water partition coefficient (Wildman–Crippen LogP) is 5.24. The van der Waals surface area contributed by atoms with Gasteiger partial charge in [-0.15, -0.1) is 0 Å². The van der Waals surface area contributed by atoms with Crippen molar-refractivity contribution < 1.29 is 23.1 Å². The lowest BCUT2D eigenvalue weighted by Crippen LogP contribution is -2.27. The van der Waals surface area contributed by atoms with E-state index >= 15 is 0 Å². The summed E-state index contributed by atoms with van der Waals surface area (Å²) in [6.07, 6.45) is 1.36. The molecule has 1 atom stereocenters. The summed E-state index contributed by atoms with van der Waals surface area (Å²) < 4.78 is 30.4. The smallest absolute Gasteiger partial charge is 0.273 e. The van der Waals surface area contributed by atoms with Crippen molar-refractivity contribution in [3.63, 3.8) is 0 Å². The minimum atomic E-state index is -0.311. The predicted molar refractivity (Wildman–Crippen MR) is 131 cm³/mol. The van der Waals surface area contributed by atoms with Crippen LogP contribution in [0.1, 0.15) is 46.0 Å². The molecule has 1 aromatic heterocycles. The van der Waals surface area contributed by atoms with Gasteiger partial charge in [0.05, 0.1) is 12.6 Å². The van der Waals surface area contributed by atoms with Crippen LogP contribution in [0.3, 0.4) is 0 Å². The second-order valence-corrected chi connectivity index (χ2v) is 8.70. The summed E-state index contributed by atoms with van der Waals surface area (Å²) in [6, 6.07) is 21.8. The average molecular weight is 488 g/mol. The number of fused-ring (bicyclic) bond motifs is 1. The molecule has 2 heterocycles. The molecule has 3 aromatic carbocycles. The number of rotatable bonds is 9. The number of hydrogen-bond acceptors (Lipinski definition) is 6. The van der Waals surface area contributed by atoms with Crippen molar-refractivity contribution in [2.24, 2.45) is 0 Å². The van der Waals surface area contributed by atoms with E-state index in [0.29, 0.717) is 37.0 Å². The summed E-state index contributed by atoms with van der Waals surface area (Å²) in [7, 11) is 0. The van der Waals surface area contributed by atoms with E-state index in [1.54, 1.807) is 6.07 Å². The zero-order chi connectivity index (χ0) is 24.9. The van der Waals surface area contributed by atoms with E-state index in [1.807, 2.05) is 61.5 Å². The van der Waals surface area contributed by atoms with Gasteiger partial charge in [0.1, 0.15) is 12.1 Å². The van der Waals surface area contributed by atoms with Crippen molar-refractivity contribution in [1.29, 1.82) is 0 Å². The third-order valence-corrected chi connectivity index (χ3v) is 5.93. The molecule has 0 aliphatic carbocycles. The molecule has 0 saturated carbocycles. The minimum Gasteiger partial charge on any atom is -0.454 e. The molecule has 184 valence electrons. The maximum atomic E-state index is 13.8. The van der Waals surface area contributed by atoms with Gasteiger partial charge in [-0.1, -0.05) is 48.5 Å². The van der Waals surface area contributed by atoms with Gasteiger partial charge in [-0.25, -0.2) is 9.37 Å². The summed E-state index contributed by atoms with van der Waals surface area (Å²) in [6.45, 7) is 3.44. The van der Waals surface area contributed by atoms with Crippen LogP contribution < -0.4 is 14.8 Å². The largest absolute Gasteiger partial charge is 0.454 e. The van der Waals surface area contributed by atoms with Crippen LogP contribution in [-0.2, 0) is 19.6 Å². The standard InChI is InChI=1S/C28H26FN3O4/c1-19(22-7-3-2-4-8-22)30-28(33)24-17-34-27(31-24)16-32(14-20-6-5-9-23(29)12-20)15-21-10-11-25-26(13-21)36-18-35-25/h2-13,17,19H,14-16,18H2,1H3,(H,30,33). The van der Waals surface area contributed by atoms with Crippen LogP contribution in [0.25, 0.3) is 0 Å². The Morgan fingerprint density at radius 3 is 2.56 bits per heavy atom. The van der Waals surface area contributed by atoms with Gasteiger partial charge in [-0.05, 0) is 47.9 Å². The number of halogens is 1. The number of hydrogen-bond donors (Lipinski definition) is 1. The molecule has 0 saturated heterocycles. The lowest BCUT2D eigenvalue weighted by atomic mass is 10.1. The summed E-state index contributed by atoms with van der Waals surface area (Å²) >= 11 is 0. The third kappa shape index (κ3) is 5.72. The van der Waals surface area contributed by atoms with Crippen molar-refractivity contribution in [1.82, 2.24) is 15.2 Å². The number of carbonyl (C=O) groups is 1. The van der Waals surface area contributed by atoms with Crippen LogP contribution in [0.5, 0.6) is 11.5 Å². The Bertz CT molecular complexity index is 1340. The molecule has 1 aliphatic rings. The van der Waals surface area contributed by atoms with Gasteiger partial charge in [0.2, 0.25) is 12.7 Å². The zero-order valence-electron chi connectivity index (χ0n) is 19.8. The summed E-state index contributed by atoms with van der Waals surface area (Å²) in [5.74, 6) is 1.20. The Kier molecular flexibility index (Phi) is 6.95. The number of nitrogens with zero attached hydrogens (tertiary/aromatic N) is 2. The molecule has 0 fully saturated rings. The van der Waals surface area contributed by atoms with Gasteiger partial charge >= 0.3 is 0 Å². The summed E-state index contributed by atoms with van der Waals surface area (Å²) in [4.78, 5) is 19.2. The number of aromatic nitrogens is 1. The minimum absolute atomic E-state index is 0.172. The normalized spacial score (nSPS) is 13.1. The van der Waals surface area contributed by atoms with Crippen molar-refractivity contribution in [3.8, 4) is 11.5 Å². The highest BCUT2D eigenvalue weighted by molar-refractivity contribution is 5.92. The molecule has 5 rings (SSSR count). The number of benzene rings is 3. The van der Waals surface area contributed by atoms with Gasteiger partial charge in [0.25, 0.3) is 5.91 Å². The highest BCUT2D eigenvalue weighted by atomic mass is 19.1. The lowest BCUT2D eigenvalue weighted by molar-refractivity contribution is 0.0934. The van der Waals surface area contributed by atoms with E-state index in [1.165, 1.54) is 18.4 Å². The number of nitrogens with one attached hydrogen (secondary N) is 1. The third-order valence-electron chi connectivity index (χ3n) is 5.93. The molecule has 0 spiro atoms.